The van der Waals surface area contributed by atoms with Crippen LogP contribution in [0, 0.1) is 11.3 Å². The third-order valence-electron chi connectivity index (χ3n) is 2.46. The topological polar surface area (TPSA) is 33.0 Å². The Labute approximate surface area is 94.4 Å². The summed E-state index contributed by atoms with van der Waals surface area (Å²) < 4.78 is 4.87. The van der Waals surface area contributed by atoms with Crippen molar-refractivity contribution < 1.29 is 4.74 Å². The third kappa shape index (κ3) is 1.76. The zero-order valence-corrected chi connectivity index (χ0v) is 8.97. The largest absolute Gasteiger partial charge is 0.504 e. The molecule has 0 heterocycles. The molecule has 2 rings (SSSR count). The molecular weight excluding hydrogens is 198 g/mol. The van der Waals surface area contributed by atoms with Gasteiger partial charge in [0.2, 0.25) is 0 Å². The van der Waals surface area contributed by atoms with Crippen LogP contribution in [-0.4, -0.2) is 7.11 Å². The molecule has 78 valence electrons. The fourth-order valence-electron chi connectivity index (χ4n) is 1.69. The smallest absolute Gasteiger partial charge is 0.100 e. The van der Waals surface area contributed by atoms with Gasteiger partial charge in [-0.05, 0) is 17.0 Å². The number of ether oxygens (including phenoxy) is 1. The molecule has 0 radical (unpaired) electrons. The molecule has 0 fully saturated rings. The number of nitrogens with zero attached hydrogens (tertiary/aromatic N) is 1. The van der Waals surface area contributed by atoms with Crippen LogP contribution in [0.15, 0.2) is 42.7 Å². The molecular formula is C14H11NO. The van der Waals surface area contributed by atoms with Crippen LogP contribution in [0.1, 0.15) is 11.1 Å². The average molecular weight is 209 g/mol. The zero-order valence-electron chi connectivity index (χ0n) is 8.97. The van der Waals surface area contributed by atoms with E-state index >= 15 is 0 Å². The van der Waals surface area contributed by atoms with Crippen LogP contribution in [0.3, 0.4) is 0 Å². The van der Waals surface area contributed by atoms with Crippen molar-refractivity contribution in [3.8, 4) is 6.07 Å². The summed E-state index contributed by atoms with van der Waals surface area (Å²) >= 11 is 0. The quantitative estimate of drug-likeness (QED) is 0.711. The van der Waals surface area contributed by atoms with E-state index in [2.05, 4.69) is 6.07 Å². The highest BCUT2D eigenvalue weighted by atomic mass is 16.5. The maximum absolute atomic E-state index is 9.19. The molecule has 0 amide bonds. The van der Waals surface area contributed by atoms with E-state index in [0.29, 0.717) is 5.56 Å². The van der Waals surface area contributed by atoms with Gasteiger partial charge in [-0.2, -0.15) is 5.26 Å². The number of benzene rings is 2. The molecule has 0 atom stereocenters. The lowest BCUT2D eigenvalue weighted by atomic mass is 10.00. The minimum atomic E-state index is 0.686. The van der Waals surface area contributed by atoms with Crippen molar-refractivity contribution >= 4 is 16.8 Å². The van der Waals surface area contributed by atoms with Gasteiger partial charge >= 0.3 is 0 Å². The first-order chi connectivity index (χ1) is 7.86. The fourth-order valence-corrected chi connectivity index (χ4v) is 1.69. The van der Waals surface area contributed by atoms with Gasteiger partial charge < -0.3 is 4.74 Å². The van der Waals surface area contributed by atoms with Gasteiger partial charge in [-0.25, -0.2) is 0 Å². The van der Waals surface area contributed by atoms with Gasteiger partial charge in [0.05, 0.1) is 18.9 Å². The van der Waals surface area contributed by atoms with Gasteiger partial charge in [0.15, 0.2) is 0 Å². The van der Waals surface area contributed by atoms with Gasteiger partial charge in [-0.3, -0.25) is 0 Å². The third-order valence-corrected chi connectivity index (χ3v) is 2.46. The van der Waals surface area contributed by atoms with Crippen molar-refractivity contribution in [2.45, 2.75) is 0 Å². The summed E-state index contributed by atoms with van der Waals surface area (Å²) in [6.45, 7) is 0. The maximum atomic E-state index is 9.19. The molecule has 2 aromatic carbocycles. The number of fused-ring (bicyclic) bond motifs is 1. The summed E-state index contributed by atoms with van der Waals surface area (Å²) in [5.41, 5.74) is 1.56. The first-order valence-corrected chi connectivity index (χ1v) is 4.98. The van der Waals surface area contributed by atoms with E-state index in [4.69, 9.17) is 4.74 Å². The number of nitriles is 1. The summed E-state index contributed by atoms with van der Waals surface area (Å²) in [5.74, 6) is 0. The Morgan fingerprint density at radius 3 is 2.75 bits per heavy atom. The van der Waals surface area contributed by atoms with Crippen LogP contribution >= 0.6 is 0 Å². The molecule has 16 heavy (non-hydrogen) atoms. The highest BCUT2D eigenvalue weighted by molar-refractivity contribution is 5.91. The minimum absolute atomic E-state index is 0.686. The van der Waals surface area contributed by atoms with Crippen LogP contribution in [0.5, 0.6) is 0 Å². The van der Waals surface area contributed by atoms with E-state index in [1.165, 1.54) is 0 Å². The zero-order chi connectivity index (χ0) is 11.4. The Morgan fingerprint density at radius 1 is 1.19 bits per heavy atom. The lowest BCUT2D eigenvalue weighted by Crippen LogP contribution is -1.85. The second-order valence-electron chi connectivity index (χ2n) is 3.40. The van der Waals surface area contributed by atoms with Crippen molar-refractivity contribution in [1.82, 2.24) is 0 Å². The lowest BCUT2D eigenvalue weighted by molar-refractivity contribution is 0.341. The van der Waals surface area contributed by atoms with Crippen molar-refractivity contribution in [1.29, 1.82) is 5.26 Å². The number of methoxy groups -OCH3 is 1. The van der Waals surface area contributed by atoms with Crippen molar-refractivity contribution in [2.75, 3.05) is 7.11 Å². The normalized spacial score (nSPS) is 10.5. The van der Waals surface area contributed by atoms with Crippen LogP contribution < -0.4 is 0 Å². The molecule has 0 spiro atoms. The molecule has 2 nitrogen and oxygen atoms in total. The number of hydrogen-bond donors (Lipinski definition) is 0. The van der Waals surface area contributed by atoms with Gasteiger partial charge in [-0.1, -0.05) is 36.4 Å². The minimum Gasteiger partial charge on any atom is -0.504 e. The Morgan fingerprint density at radius 2 is 2.00 bits per heavy atom. The van der Waals surface area contributed by atoms with Gasteiger partial charge in [0.1, 0.15) is 6.07 Å². The highest BCUT2D eigenvalue weighted by Crippen LogP contribution is 2.22. The summed E-state index contributed by atoms with van der Waals surface area (Å²) in [5, 5.41) is 11.2. The SMILES string of the molecule is CO/C=C/c1ccc2ccccc2c1C#N. The van der Waals surface area contributed by atoms with E-state index < -0.39 is 0 Å². The molecule has 0 aliphatic heterocycles. The summed E-state index contributed by atoms with van der Waals surface area (Å²) in [7, 11) is 1.59. The molecule has 0 aliphatic rings. The Bertz CT molecular complexity index is 579. The van der Waals surface area contributed by atoms with E-state index in [9.17, 15) is 5.26 Å². The first kappa shape index (κ1) is 10.3. The molecule has 0 bridgehead atoms. The summed E-state index contributed by atoms with van der Waals surface area (Å²) in [6, 6.07) is 14.0. The molecule has 0 aliphatic carbocycles. The van der Waals surface area contributed by atoms with Gasteiger partial charge in [0.25, 0.3) is 0 Å². The second kappa shape index (κ2) is 4.50. The van der Waals surface area contributed by atoms with E-state index in [0.717, 1.165) is 16.3 Å². The van der Waals surface area contributed by atoms with E-state index in [1.807, 2.05) is 36.4 Å². The van der Waals surface area contributed by atoms with Crippen molar-refractivity contribution in [2.24, 2.45) is 0 Å². The van der Waals surface area contributed by atoms with Gasteiger partial charge in [0, 0.05) is 5.39 Å². The van der Waals surface area contributed by atoms with Crippen LogP contribution in [0.25, 0.3) is 16.8 Å². The Balaban J connectivity index is 2.69. The predicted octanol–water partition coefficient (Wildman–Crippen LogP) is 3.33. The van der Waals surface area contributed by atoms with E-state index in [-0.39, 0.29) is 0 Å². The average Bonchev–Trinajstić information content (AvgIpc) is 2.35. The van der Waals surface area contributed by atoms with Crippen molar-refractivity contribution in [3.63, 3.8) is 0 Å². The molecule has 0 unspecified atom stereocenters. The molecule has 0 saturated carbocycles. The lowest BCUT2D eigenvalue weighted by Gasteiger charge is -2.03. The molecule has 0 N–H and O–H groups in total. The number of rotatable bonds is 2. The monoisotopic (exact) mass is 209 g/mol. The van der Waals surface area contributed by atoms with E-state index in [1.54, 1.807) is 19.4 Å². The Kier molecular flexibility index (Phi) is 2.88. The molecule has 0 aromatic heterocycles. The first-order valence-electron chi connectivity index (χ1n) is 4.98. The molecule has 2 aromatic rings. The standard InChI is InChI=1S/C14H11NO/c1-16-9-8-12-7-6-11-4-2-3-5-13(11)14(12)10-15/h2-9H,1H3/b9-8+. The van der Waals surface area contributed by atoms with Gasteiger partial charge in [-0.15, -0.1) is 0 Å². The number of hydrogen-bond acceptors (Lipinski definition) is 2. The fraction of sp³-hybridized carbons (Fsp3) is 0.0714. The summed E-state index contributed by atoms with van der Waals surface area (Å²) in [4.78, 5) is 0. The van der Waals surface area contributed by atoms with Crippen LogP contribution in [-0.2, 0) is 4.74 Å². The predicted molar refractivity (Wildman–Crippen MR) is 64.7 cm³/mol. The highest BCUT2D eigenvalue weighted by Gasteiger charge is 2.04. The van der Waals surface area contributed by atoms with Crippen LogP contribution in [0.4, 0.5) is 0 Å². The summed E-state index contributed by atoms with van der Waals surface area (Å²) in [6.07, 6.45) is 3.37. The Hall–Kier alpha value is -2.27. The molecule has 0 saturated heterocycles. The van der Waals surface area contributed by atoms with Crippen molar-refractivity contribution in [3.05, 3.63) is 53.8 Å². The second-order valence-corrected chi connectivity index (χ2v) is 3.40. The van der Waals surface area contributed by atoms with Crippen LogP contribution in [0.2, 0.25) is 0 Å². The molecule has 2 heteroatoms. The maximum Gasteiger partial charge on any atom is 0.100 e.